The maximum absolute atomic E-state index is 13.6. The number of halogens is 2. The summed E-state index contributed by atoms with van der Waals surface area (Å²) in [6.07, 6.45) is 1.64. The number of carbonyl (C=O) groups excluding carboxylic acids is 1. The van der Waals surface area contributed by atoms with Crippen molar-refractivity contribution in [2.45, 2.75) is 30.8 Å². The van der Waals surface area contributed by atoms with Crippen molar-refractivity contribution in [3.05, 3.63) is 69.9 Å². The Morgan fingerprint density at radius 3 is 2.69 bits per heavy atom. The number of amides is 1. The molecule has 0 saturated carbocycles. The molecule has 2 fully saturated rings. The van der Waals surface area contributed by atoms with Crippen molar-refractivity contribution in [2.24, 2.45) is 0 Å². The van der Waals surface area contributed by atoms with Crippen LogP contribution in [0.2, 0.25) is 0 Å². The minimum atomic E-state index is -0.251. The lowest BCUT2D eigenvalue weighted by atomic mass is 9.93. The zero-order valence-corrected chi connectivity index (χ0v) is 21.9. The summed E-state index contributed by atoms with van der Waals surface area (Å²) in [5.74, 6) is -0.175. The van der Waals surface area contributed by atoms with Crippen LogP contribution in [0.4, 0.5) is 4.39 Å². The van der Waals surface area contributed by atoms with Gasteiger partial charge in [0.2, 0.25) is 0 Å². The van der Waals surface area contributed by atoms with Crippen LogP contribution in [-0.2, 0) is 4.74 Å². The van der Waals surface area contributed by atoms with E-state index in [0.29, 0.717) is 30.8 Å². The van der Waals surface area contributed by atoms with Gasteiger partial charge < -0.3 is 19.6 Å². The van der Waals surface area contributed by atoms with Crippen LogP contribution in [0.1, 0.15) is 34.7 Å². The van der Waals surface area contributed by atoms with Gasteiger partial charge in [-0.25, -0.2) is 4.39 Å². The lowest BCUT2D eigenvalue weighted by molar-refractivity contribution is -0.0737. The van der Waals surface area contributed by atoms with Gasteiger partial charge in [0.05, 0.1) is 18.8 Å². The normalized spacial score (nSPS) is 20.4. The van der Waals surface area contributed by atoms with E-state index < -0.39 is 0 Å². The van der Waals surface area contributed by atoms with Crippen LogP contribution in [0.5, 0.6) is 0 Å². The van der Waals surface area contributed by atoms with E-state index in [0.717, 1.165) is 55.7 Å². The fourth-order valence-corrected chi connectivity index (χ4v) is 5.63. The number of aliphatic hydroxyl groups is 1. The summed E-state index contributed by atoms with van der Waals surface area (Å²) in [5, 5.41) is 9.38. The van der Waals surface area contributed by atoms with Crippen molar-refractivity contribution in [1.29, 1.82) is 0 Å². The molecule has 4 rings (SSSR count). The standard InChI is InChI=1S/C27H35BrFN3O3/c1-30(27(34)25-4-2-3-5-26(25)28)16-21(20-6-8-22(29)9-7-20)10-12-31-17-24(18-31)32-13-15-35-19-23(32)11-14-33/h2-9,21,23-24,33H,10-19H2,1H3/t21?,23-/m1/s1. The Balaban J connectivity index is 1.36. The van der Waals surface area contributed by atoms with Gasteiger partial charge in [0.1, 0.15) is 5.82 Å². The van der Waals surface area contributed by atoms with Gasteiger partial charge in [-0.3, -0.25) is 9.69 Å². The third kappa shape index (κ3) is 6.68. The zero-order chi connectivity index (χ0) is 24.8. The molecule has 35 heavy (non-hydrogen) atoms. The second kappa shape index (κ2) is 12.4. The summed E-state index contributed by atoms with van der Waals surface area (Å²) >= 11 is 3.48. The number of hydrogen-bond donors (Lipinski definition) is 1. The van der Waals surface area contributed by atoms with Gasteiger partial charge in [-0.05, 0) is 65.1 Å². The van der Waals surface area contributed by atoms with E-state index >= 15 is 0 Å². The van der Waals surface area contributed by atoms with Gasteiger partial charge in [-0.15, -0.1) is 0 Å². The molecule has 1 amide bonds. The van der Waals surface area contributed by atoms with Gasteiger partial charge >= 0.3 is 0 Å². The largest absolute Gasteiger partial charge is 0.396 e. The Hall–Kier alpha value is -1.84. The third-order valence-corrected chi connectivity index (χ3v) is 7.91. The molecule has 190 valence electrons. The molecule has 0 spiro atoms. The lowest BCUT2D eigenvalue weighted by Gasteiger charge is -2.50. The molecule has 2 heterocycles. The predicted molar refractivity (Wildman–Crippen MR) is 138 cm³/mol. The number of carbonyl (C=O) groups is 1. The predicted octanol–water partition coefficient (Wildman–Crippen LogP) is 3.60. The molecular weight excluding hydrogens is 513 g/mol. The lowest BCUT2D eigenvalue weighted by Crippen LogP contribution is -2.64. The number of hydrogen-bond acceptors (Lipinski definition) is 5. The zero-order valence-electron chi connectivity index (χ0n) is 20.3. The monoisotopic (exact) mass is 547 g/mol. The molecule has 2 saturated heterocycles. The molecule has 2 aromatic rings. The van der Waals surface area contributed by atoms with Gasteiger partial charge in [0.25, 0.3) is 5.91 Å². The quantitative estimate of drug-likeness (QED) is 0.492. The first-order valence-corrected chi connectivity index (χ1v) is 13.2. The fourth-order valence-electron chi connectivity index (χ4n) is 5.17. The van der Waals surface area contributed by atoms with Gasteiger partial charge in [-0.2, -0.15) is 0 Å². The highest BCUT2D eigenvalue weighted by Crippen LogP contribution is 2.27. The van der Waals surface area contributed by atoms with Crippen LogP contribution >= 0.6 is 15.9 Å². The van der Waals surface area contributed by atoms with Crippen LogP contribution < -0.4 is 0 Å². The van der Waals surface area contributed by atoms with Crippen molar-refractivity contribution < 1.29 is 19.0 Å². The second-order valence-electron chi connectivity index (χ2n) is 9.59. The highest BCUT2D eigenvalue weighted by atomic mass is 79.9. The van der Waals surface area contributed by atoms with Crippen LogP contribution in [0.15, 0.2) is 53.0 Å². The molecule has 0 aromatic heterocycles. The Labute approximate surface area is 215 Å². The van der Waals surface area contributed by atoms with E-state index in [-0.39, 0.29) is 24.2 Å². The number of aliphatic hydroxyl groups excluding tert-OH is 1. The van der Waals surface area contributed by atoms with Crippen LogP contribution in [0.25, 0.3) is 0 Å². The average Bonchev–Trinajstić information content (AvgIpc) is 2.83. The number of nitrogens with zero attached hydrogens (tertiary/aromatic N) is 3. The van der Waals surface area contributed by atoms with Gasteiger partial charge in [0.15, 0.2) is 0 Å². The first kappa shape index (κ1) is 26.2. The molecule has 1 unspecified atom stereocenters. The van der Waals surface area contributed by atoms with E-state index in [1.54, 1.807) is 4.90 Å². The number of benzene rings is 2. The number of rotatable bonds is 10. The minimum absolute atomic E-state index is 0.0316. The van der Waals surface area contributed by atoms with Crippen LogP contribution in [-0.4, -0.2) is 97.4 Å². The number of likely N-dealkylation sites (tertiary alicyclic amines) is 1. The van der Waals surface area contributed by atoms with E-state index in [1.165, 1.54) is 12.1 Å². The van der Waals surface area contributed by atoms with E-state index in [9.17, 15) is 14.3 Å². The van der Waals surface area contributed by atoms with Crippen molar-refractivity contribution in [2.75, 3.05) is 59.6 Å². The summed E-state index contributed by atoms with van der Waals surface area (Å²) in [7, 11) is 1.83. The van der Waals surface area contributed by atoms with Gasteiger partial charge in [-0.1, -0.05) is 24.3 Å². The second-order valence-corrected chi connectivity index (χ2v) is 10.4. The van der Waals surface area contributed by atoms with Crippen molar-refractivity contribution in [1.82, 2.24) is 14.7 Å². The van der Waals surface area contributed by atoms with Crippen molar-refractivity contribution in [3.8, 4) is 0 Å². The molecule has 6 nitrogen and oxygen atoms in total. The Bertz CT molecular complexity index is 968. The highest BCUT2D eigenvalue weighted by Gasteiger charge is 2.36. The number of morpholine rings is 1. The molecule has 2 atom stereocenters. The highest BCUT2D eigenvalue weighted by molar-refractivity contribution is 9.10. The molecule has 0 bridgehead atoms. The maximum atomic E-state index is 13.6. The molecule has 0 radical (unpaired) electrons. The molecular formula is C27H35BrFN3O3. The molecule has 8 heteroatoms. The first-order valence-electron chi connectivity index (χ1n) is 12.4. The first-order chi connectivity index (χ1) is 17.0. The molecule has 2 aliphatic rings. The fraction of sp³-hybridized carbons (Fsp3) is 0.519. The minimum Gasteiger partial charge on any atom is -0.396 e. The molecule has 2 aromatic carbocycles. The van der Waals surface area contributed by atoms with Crippen LogP contribution in [0.3, 0.4) is 0 Å². The Kier molecular flexibility index (Phi) is 9.30. The van der Waals surface area contributed by atoms with E-state index in [1.807, 2.05) is 43.4 Å². The van der Waals surface area contributed by atoms with Crippen LogP contribution in [0, 0.1) is 5.82 Å². The number of ether oxygens (including phenoxy) is 1. The SMILES string of the molecule is CN(CC(CCN1CC(N2CCOC[C@H]2CCO)C1)c1ccc(F)cc1)C(=O)c1ccccc1Br. The smallest absolute Gasteiger partial charge is 0.254 e. The topological polar surface area (TPSA) is 56.3 Å². The summed E-state index contributed by atoms with van der Waals surface area (Å²) in [5.41, 5.74) is 1.69. The maximum Gasteiger partial charge on any atom is 0.254 e. The van der Waals surface area contributed by atoms with E-state index in [2.05, 4.69) is 25.7 Å². The Morgan fingerprint density at radius 1 is 1.23 bits per heavy atom. The van der Waals surface area contributed by atoms with Gasteiger partial charge in [0, 0.05) is 62.3 Å². The average molecular weight is 548 g/mol. The Morgan fingerprint density at radius 2 is 1.97 bits per heavy atom. The summed E-state index contributed by atoms with van der Waals surface area (Å²) in [6.45, 7) is 6.04. The molecule has 2 aliphatic heterocycles. The number of likely N-dealkylation sites (N-methyl/N-ethyl adjacent to an activating group) is 1. The van der Waals surface area contributed by atoms with E-state index in [4.69, 9.17) is 4.74 Å². The molecule has 0 aliphatic carbocycles. The summed E-state index contributed by atoms with van der Waals surface area (Å²) in [4.78, 5) is 19.8. The summed E-state index contributed by atoms with van der Waals surface area (Å²) in [6, 6.07) is 14.9. The summed E-state index contributed by atoms with van der Waals surface area (Å²) < 4.78 is 20.0. The molecule has 1 N–H and O–H groups in total. The van der Waals surface area contributed by atoms with Crippen molar-refractivity contribution in [3.63, 3.8) is 0 Å². The third-order valence-electron chi connectivity index (χ3n) is 7.22. The van der Waals surface area contributed by atoms with Crippen molar-refractivity contribution >= 4 is 21.8 Å².